The Kier molecular flexibility index (Phi) is 11.1. The van der Waals surface area contributed by atoms with E-state index in [9.17, 15) is 4.79 Å². The largest absolute Gasteiger partial charge is 0.493 e. The van der Waals surface area contributed by atoms with Crippen molar-refractivity contribution in [3.63, 3.8) is 0 Å². The number of aromatic nitrogens is 1. The zero-order chi connectivity index (χ0) is 37.5. The summed E-state index contributed by atoms with van der Waals surface area (Å²) >= 11 is 0. The number of nitrogens with zero attached hydrogens (tertiary/aromatic N) is 1. The molecule has 0 saturated heterocycles. The number of allylic oxidation sites excluding steroid dienone is 1. The molecule has 13 nitrogen and oxygen atoms in total. The standard InChI is InChI=1S/C40H41N3O10/c1-23(11-10-16-51-30-15-14-24(17-32(30)45-2)39-41-28-13-9-8-12-27(28)40(44)42-39)52-38-35(48-5)18-25(19-36(38)49-6)29-22-31(53-43-29)26-20-33(46-3)37(50-7)34(21-26)47-4/h8-9,12-15,17-22,39,41H,1,10-11,16H2,2-7H3,(H,42,44). The first-order valence-electron chi connectivity index (χ1n) is 16.7. The molecule has 0 aliphatic carbocycles. The van der Waals surface area contributed by atoms with E-state index in [1.54, 1.807) is 79.1 Å². The number of hydrogen-bond acceptors (Lipinski definition) is 12. The van der Waals surface area contributed by atoms with Gasteiger partial charge in [-0.1, -0.05) is 29.9 Å². The van der Waals surface area contributed by atoms with Gasteiger partial charge in [-0.05, 0) is 60.5 Å². The van der Waals surface area contributed by atoms with Crippen molar-refractivity contribution in [2.24, 2.45) is 0 Å². The predicted molar refractivity (Wildman–Crippen MR) is 198 cm³/mol. The maximum absolute atomic E-state index is 12.6. The topological polar surface area (TPSA) is 141 Å². The minimum atomic E-state index is -0.411. The normalized spacial score (nSPS) is 13.2. The van der Waals surface area contributed by atoms with E-state index in [-0.39, 0.29) is 5.91 Å². The molecule has 0 fully saturated rings. The fourth-order valence-corrected chi connectivity index (χ4v) is 5.90. The minimum absolute atomic E-state index is 0.144. The summed E-state index contributed by atoms with van der Waals surface area (Å²) in [5, 5.41) is 10.6. The van der Waals surface area contributed by atoms with E-state index in [0.29, 0.717) is 99.3 Å². The van der Waals surface area contributed by atoms with E-state index in [1.807, 2.05) is 36.4 Å². The van der Waals surface area contributed by atoms with Gasteiger partial charge in [-0.15, -0.1) is 0 Å². The minimum Gasteiger partial charge on any atom is -0.493 e. The summed E-state index contributed by atoms with van der Waals surface area (Å²) in [7, 11) is 9.31. The third kappa shape index (κ3) is 7.74. The predicted octanol–water partition coefficient (Wildman–Crippen LogP) is 7.67. The third-order valence-corrected chi connectivity index (χ3v) is 8.59. The number of hydrogen-bond donors (Lipinski definition) is 2. The van der Waals surface area contributed by atoms with Gasteiger partial charge in [-0.3, -0.25) is 4.79 Å². The number of rotatable bonds is 16. The Hall–Kier alpha value is -6.50. The van der Waals surface area contributed by atoms with Crippen LogP contribution >= 0.6 is 0 Å². The Morgan fingerprint density at radius 1 is 0.717 bits per heavy atom. The smallest absolute Gasteiger partial charge is 0.255 e. The van der Waals surface area contributed by atoms with Gasteiger partial charge in [0.15, 0.2) is 40.3 Å². The third-order valence-electron chi connectivity index (χ3n) is 8.59. The Labute approximate surface area is 307 Å². The lowest BCUT2D eigenvalue weighted by atomic mass is 10.1. The van der Waals surface area contributed by atoms with Gasteiger partial charge in [0.2, 0.25) is 11.5 Å². The number of ether oxygens (including phenoxy) is 8. The lowest BCUT2D eigenvalue weighted by Crippen LogP contribution is -2.38. The number of carbonyl (C=O) groups is 1. The SMILES string of the molecule is C=C(CCCOc1ccc(C2NC(=O)c3ccccc3N2)cc1OC)Oc1c(OC)cc(-c2cc(-c3cc(OC)c(OC)c(OC)c3)on2)cc1OC. The Balaban J connectivity index is 1.08. The molecule has 2 N–H and O–H groups in total. The van der Waals surface area contributed by atoms with Gasteiger partial charge in [0.1, 0.15) is 11.9 Å². The quantitative estimate of drug-likeness (QED) is 0.0763. The molecule has 1 aliphatic rings. The van der Waals surface area contributed by atoms with Crippen LogP contribution in [0.1, 0.15) is 34.9 Å². The van der Waals surface area contributed by atoms with Gasteiger partial charge < -0.3 is 53.1 Å². The number of methoxy groups -OCH3 is 6. The number of anilines is 1. The van der Waals surface area contributed by atoms with Crippen molar-refractivity contribution in [3.8, 4) is 68.6 Å². The summed E-state index contributed by atoms with van der Waals surface area (Å²) in [5.74, 6) is 4.63. The zero-order valence-electron chi connectivity index (χ0n) is 30.4. The summed E-state index contributed by atoms with van der Waals surface area (Å²) in [5.41, 5.74) is 4.11. The highest BCUT2D eigenvalue weighted by molar-refractivity contribution is 6.01. The number of fused-ring (bicyclic) bond motifs is 1. The molecule has 0 saturated carbocycles. The number of benzene rings is 4. The molecule has 1 aromatic heterocycles. The fraction of sp³-hybridized carbons (Fsp3) is 0.250. The van der Waals surface area contributed by atoms with E-state index in [1.165, 1.54) is 0 Å². The number of para-hydroxylation sites is 1. The van der Waals surface area contributed by atoms with Crippen LogP contribution in [0.4, 0.5) is 5.69 Å². The highest BCUT2D eigenvalue weighted by Crippen LogP contribution is 2.45. The molecule has 1 amide bonds. The van der Waals surface area contributed by atoms with Crippen molar-refractivity contribution in [1.82, 2.24) is 10.5 Å². The van der Waals surface area contributed by atoms with Crippen LogP contribution in [0.25, 0.3) is 22.6 Å². The van der Waals surface area contributed by atoms with Crippen molar-refractivity contribution < 1.29 is 47.2 Å². The molecule has 4 aromatic carbocycles. The molecule has 0 radical (unpaired) electrons. The van der Waals surface area contributed by atoms with Gasteiger partial charge in [0.25, 0.3) is 5.91 Å². The van der Waals surface area contributed by atoms with Crippen LogP contribution in [0, 0.1) is 0 Å². The summed E-state index contributed by atoms with van der Waals surface area (Å²) in [6.07, 6.45) is 0.685. The molecular weight excluding hydrogens is 682 g/mol. The first kappa shape index (κ1) is 36.3. The van der Waals surface area contributed by atoms with Gasteiger partial charge in [-0.25, -0.2) is 0 Å². The lowest BCUT2D eigenvalue weighted by Gasteiger charge is -2.28. The molecule has 13 heteroatoms. The molecule has 0 bridgehead atoms. The first-order chi connectivity index (χ1) is 25.8. The summed E-state index contributed by atoms with van der Waals surface area (Å²) in [6, 6.07) is 21.9. The lowest BCUT2D eigenvalue weighted by molar-refractivity contribution is 0.0935. The Bertz CT molecular complexity index is 2060. The average Bonchev–Trinajstić information content (AvgIpc) is 3.69. The van der Waals surface area contributed by atoms with Crippen molar-refractivity contribution in [3.05, 3.63) is 96.3 Å². The van der Waals surface area contributed by atoms with Crippen LogP contribution < -0.4 is 48.5 Å². The highest BCUT2D eigenvalue weighted by Gasteiger charge is 2.25. The van der Waals surface area contributed by atoms with E-state index in [0.717, 1.165) is 11.3 Å². The molecule has 276 valence electrons. The summed E-state index contributed by atoms with van der Waals surface area (Å²) in [6.45, 7) is 4.48. The van der Waals surface area contributed by atoms with Crippen LogP contribution in [0.3, 0.4) is 0 Å². The summed E-state index contributed by atoms with van der Waals surface area (Å²) < 4.78 is 51.3. The molecule has 1 aliphatic heterocycles. The van der Waals surface area contributed by atoms with Crippen LogP contribution in [0.2, 0.25) is 0 Å². The van der Waals surface area contributed by atoms with Crippen molar-refractivity contribution in [2.45, 2.75) is 19.0 Å². The van der Waals surface area contributed by atoms with Gasteiger partial charge in [0, 0.05) is 29.3 Å². The number of carbonyl (C=O) groups excluding carboxylic acids is 1. The highest BCUT2D eigenvalue weighted by atomic mass is 16.5. The molecule has 53 heavy (non-hydrogen) atoms. The van der Waals surface area contributed by atoms with Crippen LogP contribution in [0.15, 0.2) is 89.7 Å². The Morgan fingerprint density at radius 3 is 2.02 bits per heavy atom. The van der Waals surface area contributed by atoms with E-state index in [4.69, 9.17) is 42.4 Å². The van der Waals surface area contributed by atoms with Crippen LogP contribution in [0.5, 0.6) is 46.0 Å². The van der Waals surface area contributed by atoms with Crippen molar-refractivity contribution >= 4 is 11.6 Å². The molecule has 1 atom stereocenters. The maximum Gasteiger partial charge on any atom is 0.255 e. The van der Waals surface area contributed by atoms with E-state index < -0.39 is 6.17 Å². The molecule has 1 unspecified atom stereocenters. The second-order valence-electron chi connectivity index (χ2n) is 11.8. The maximum atomic E-state index is 12.6. The van der Waals surface area contributed by atoms with Crippen molar-refractivity contribution in [2.75, 3.05) is 54.6 Å². The van der Waals surface area contributed by atoms with Crippen LogP contribution in [-0.4, -0.2) is 60.3 Å². The average molecular weight is 724 g/mol. The molecule has 5 aromatic rings. The van der Waals surface area contributed by atoms with Gasteiger partial charge in [-0.2, -0.15) is 0 Å². The van der Waals surface area contributed by atoms with E-state index in [2.05, 4.69) is 22.4 Å². The van der Waals surface area contributed by atoms with Gasteiger partial charge >= 0.3 is 0 Å². The molecule has 2 heterocycles. The number of amides is 1. The zero-order valence-corrected chi connectivity index (χ0v) is 30.4. The Morgan fingerprint density at radius 2 is 1.36 bits per heavy atom. The first-order valence-corrected chi connectivity index (χ1v) is 16.7. The summed E-state index contributed by atoms with van der Waals surface area (Å²) in [4.78, 5) is 12.6. The fourth-order valence-electron chi connectivity index (χ4n) is 5.90. The van der Waals surface area contributed by atoms with Gasteiger partial charge in [0.05, 0.1) is 60.6 Å². The van der Waals surface area contributed by atoms with Crippen LogP contribution in [-0.2, 0) is 0 Å². The van der Waals surface area contributed by atoms with Crippen molar-refractivity contribution in [1.29, 1.82) is 0 Å². The molecule has 0 spiro atoms. The number of nitrogens with one attached hydrogen (secondary N) is 2. The second-order valence-corrected chi connectivity index (χ2v) is 11.8. The second kappa shape index (κ2) is 16.2. The molecule has 6 rings (SSSR count). The molecular formula is C40H41N3O10. The van der Waals surface area contributed by atoms with E-state index >= 15 is 0 Å². The monoisotopic (exact) mass is 723 g/mol.